The molecule has 3 heterocycles. The van der Waals surface area contributed by atoms with Gasteiger partial charge >= 0.3 is 6.09 Å². The van der Waals surface area contributed by atoms with Crippen LogP contribution in [0.1, 0.15) is 66.3 Å². The number of likely N-dealkylation sites (tertiary alicyclic amines) is 1. The molecule has 51 heavy (non-hydrogen) atoms. The fourth-order valence-corrected chi connectivity index (χ4v) is 7.92. The van der Waals surface area contributed by atoms with E-state index < -0.39 is 5.41 Å². The van der Waals surface area contributed by atoms with Crippen LogP contribution < -0.4 is 16.0 Å². The van der Waals surface area contributed by atoms with Gasteiger partial charge in [-0.25, -0.2) is 9.78 Å². The van der Waals surface area contributed by atoms with Crippen LogP contribution in [0.3, 0.4) is 0 Å². The number of carbonyl (C=O) groups is 2. The lowest BCUT2D eigenvalue weighted by molar-refractivity contribution is -0.119. The van der Waals surface area contributed by atoms with Crippen LogP contribution in [-0.2, 0) is 21.5 Å². The number of piperidine rings is 1. The van der Waals surface area contributed by atoms with Gasteiger partial charge in [0.1, 0.15) is 11.6 Å². The Morgan fingerprint density at radius 2 is 1.63 bits per heavy atom. The van der Waals surface area contributed by atoms with E-state index in [1.807, 2.05) is 49.1 Å². The Morgan fingerprint density at radius 1 is 0.941 bits per heavy atom. The Labute approximate surface area is 302 Å². The van der Waals surface area contributed by atoms with E-state index in [4.69, 9.17) is 16.3 Å². The molecule has 9 nitrogen and oxygen atoms in total. The fourth-order valence-electron chi connectivity index (χ4n) is 7.76. The van der Waals surface area contributed by atoms with E-state index in [2.05, 4.69) is 86.6 Å². The largest absolute Gasteiger partial charge is 0.448 e. The molecule has 0 unspecified atom stereocenters. The molecule has 3 aliphatic rings. The average Bonchev–Trinajstić information content (AvgIpc) is 3.60. The molecule has 3 N–H and O–H groups in total. The minimum atomic E-state index is -0.623. The molecule has 0 saturated carbocycles. The molecule has 1 aliphatic carbocycles. The van der Waals surface area contributed by atoms with Crippen LogP contribution >= 0.6 is 11.6 Å². The number of carbonyl (C=O) groups excluding carboxylic acids is 2. The lowest BCUT2D eigenvalue weighted by atomic mass is 9.83. The summed E-state index contributed by atoms with van der Waals surface area (Å²) in [6, 6.07) is 30.9. The van der Waals surface area contributed by atoms with Gasteiger partial charge < -0.3 is 25.6 Å². The van der Waals surface area contributed by atoms with E-state index in [-0.39, 0.29) is 17.9 Å². The van der Waals surface area contributed by atoms with Crippen molar-refractivity contribution in [2.24, 2.45) is 0 Å². The van der Waals surface area contributed by atoms with E-state index in [0.717, 1.165) is 35.3 Å². The van der Waals surface area contributed by atoms with Crippen molar-refractivity contribution >= 4 is 46.7 Å². The van der Waals surface area contributed by atoms with Crippen molar-refractivity contribution in [3.63, 3.8) is 0 Å². The van der Waals surface area contributed by atoms with Gasteiger partial charge in [-0.3, -0.25) is 4.79 Å². The van der Waals surface area contributed by atoms with Crippen LogP contribution in [0, 0.1) is 0 Å². The molecule has 1 fully saturated rings. The lowest BCUT2D eigenvalue weighted by Crippen LogP contribution is -2.38. The Bertz CT molecular complexity index is 2080. The van der Waals surface area contributed by atoms with Crippen molar-refractivity contribution in [1.82, 2.24) is 14.9 Å². The second kappa shape index (κ2) is 13.4. The molecular weight excluding hydrogens is 660 g/mol. The molecule has 0 bridgehead atoms. The highest BCUT2D eigenvalue weighted by Gasteiger charge is 2.40. The number of nitrogens with zero attached hydrogens (tertiary/aromatic N) is 3. The topological polar surface area (TPSA) is 108 Å². The van der Waals surface area contributed by atoms with Crippen LogP contribution in [0.2, 0.25) is 5.02 Å². The Kier molecular flexibility index (Phi) is 8.60. The van der Waals surface area contributed by atoms with Crippen LogP contribution in [0.15, 0.2) is 97.2 Å². The van der Waals surface area contributed by atoms with E-state index >= 15 is 0 Å². The summed E-state index contributed by atoms with van der Waals surface area (Å²) in [5, 5.41) is 10.00. The lowest BCUT2D eigenvalue weighted by Gasteiger charge is -2.32. The average molecular weight is 699 g/mol. The zero-order chi connectivity index (χ0) is 35.1. The molecule has 0 radical (unpaired) electrons. The zero-order valence-corrected chi connectivity index (χ0v) is 29.3. The quantitative estimate of drug-likeness (QED) is 0.149. The number of aromatic nitrogens is 2. The predicted molar refractivity (Wildman–Crippen MR) is 201 cm³/mol. The van der Waals surface area contributed by atoms with Gasteiger partial charge in [0, 0.05) is 36.9 Å². The maximum atomic E-state index is 13.1. The van der Waals surface area contributed by atoms with E-state index in [1.54, 1.807) is 6.20 Å². The monoisotopic (exact) mass is 698 g/mol. The summed E-state index contributed by atoms with van der Waals surface area (Å²) >= 11 is 6.47. The van der Waals surface area contributed by atoms with Gasteiger partial charge in [0.2, 0.25) is 11.9 Å². The normalized spacial score (nSPS) is 16.2. The Hall–Kier alpha value is -5.41. The highest BCUT2D eigenvalue weighted by molar-refractivity contribution is 6.32. The van der Waals surface area contributed by atoms with Crippen LogP contribution in [0.25, 0.3) is 11.1 Å². The minimum absolute atomic E-state index is 0.0125. The molecule has 0 spiro atoms. The van der Waals surface area contributed by atoms with Crippen molar-refractivity contribution in [3.8, 4) is 11.1 Å². The molecule has 1 aromatic heterocycles. The molecule has 4 aromatic carbocycles. The molecule has 0 atom stereocenters. The first-order valence-electron chi connectivity index (χ1n) is 17.4. The first-order valence-corrected chi connectivity index (χ1v) is 17.8. The molecule has 5 aromatic rings. The maximum absolute atomic E-state index is 13.1. The third kappa shape index (κ3) is 6.27. The second-order valence-corrected chi connectivity index (χ2v) is 14.4. The molecule has 2 aliphatic heterocycles. The van der Waals surface area contributed by atoms with Gasteiger partial charge in [-0.1, -0.05) is 84.4 Å². The van der Waals surface area contributed by atoms with E-state index in [0.29, 0.717) is 48.9 Å². The summed E-state index contributed by atoms with van der Waals surface area (Å²) in [4.78, 5) is 36.5. The molecule has 1 saturated heterocycles. The first-order chi connectivity index (χ1) is 24.8. The number of hydrogen-bond donors (Lipinski definition) is 3. The number of fused-ring (bicyclic) bond motifs is 4. The highest BCUT2D eigenvalue weighted by atomic mass is 35.5. The molecule has 258 valence electrons. The number of anilines is 4. The number of ether oxygens (including phenoxy) is 1. The maximum Gasteiger partial charge on any atom is 0.409 e. The van der Waals surface area contributed by atoms with Gasteiger partial charge in [0.05, 0.1) is 11.6 Å². The Morgan fingerprint density at radius 3 is 2.33 bits per heavy atom. The van der Waals surface area contributed by atoms with Gasteiger partial charge in [-0.2, -0.15) is 4.98 Å². The second-order valence-electron chi connectivity index (χ2n) is 14.0. The number of halogens is 1. The standard InChI is InChI=1S/C41H39ClN6O3/c1-41(2)36-27(8-7-13-35(36)46-38(41)49)22-43-37-34(42)23-44-39(47-37)45-28-16-14-25(15-17-28)26-18-20-48(21-19-26)40(50)51-24-33-31-11-5-3-9-29(31)30-10-4-6-12-32(30)33/h3-17,23,26,33H,18-22,24H2,1-2H3,(H,46,49)(H2,43,44,45,47). The zero-order valence-electron chi connectivity index (χ0n) is 28.6. The van der Waals surface area contributed by atoms with Crippen LogP contribution in [0.5, 0.6) is 0 Å². The molecule has 8 rings (SSSR count). The van der Waals surface area contributed by atoms with E-state index in [9.17, 15) is 9.59 Å². The van der Waals surface area contributed by atoms with Gasteiger partial charge in [-0.15, -0.1) is 0 Å². The van der Waals surface area contributed by atoms with Crippen LogP contribution in [0.4, 0.5) is 27.9 Å². The summed E-state index contributed by atoms with van der Waals surface area (Å²) in [7, 11) is 0. The van der Waals surface area contributed by atoms with Crippen molar-refractivity contribution in [2.75, 3.05) is 35.6 Å². The number of benzene rings is 4. The fraction of sp³-hybridized carbons (Fsp3) is 0.268. The Balaban J connectivity index is 0.847. The smallest absolute Gasteiger partial charge is 0.409 e. The van der Waals surface area contributed by atoms with Gasteiger partial charge in [-0.05, 0) is 89.8 Å². The van der Waals surface area contributed by atoms with Gasteiger partial charge in [0.25, 0.3) is 0 Å². The number of amides is 2. The first kappa shape index (κ1) is 32.8. The third-order valence-electron chi connectivity index (χ3n) is 10.5. The molecule has 10 heteroatoms. The number of nitrogens with one attached hydrogen (secondary N) is 3. The highest BCUT2D eigenvalue weighted by Crippen LogP contribution is 2.45. The number of hydrogen-bond acceptors (Lipinski definition) is 7. The van der Waals surface area contributed by atoms with Crippen molar-refractivity contribution in [3.05, 3.63) is 130 Å². The minimum Gasteiger partial charge on any atom is -0.448 e. The summed E-state index contributed by atoms with van der Waals surface area (Å²) in [5.41, 5.74) is 9.17. The predicted octanol–water partition coefficient (Wildman–Crippen LogP) is 8.84. The molecular formula is C41H39ClN6O3. The summed E-state index contributed by atoms with van der Waals surface area (Å²) in [5.74, 6) is 1.32. The summed E-state index contributed by atoms with van der Waals surface area (Å²) < 4.78 is 5.91. The molecule has 2 amide bonds. The van der Waals surface area contributed by atoms with E-state index in [1.165, 1.54) is 27.8 Å². The van der Waals surface area contributed by atoms with Crippen molar-refractivity contribution < 1.29 is 14.3 Å². The van der Waals surface area contributed by atoms with Crippen molar-refractivity contribution in [2.45, 2.75) is 50.5 Å². The van der Waals surface area contributed by atoms with Crippen molar-refractivity contribution in [1.29, 1.82) is 0 Å². The summed E-state index contributed by atoms with van der Waals surface area (Å²) in [6.45, 7) is 5.96. The van der Waals surface area contributed by atoms with Gasteiger partial charge in [0.15, 0.2) is 5.82 Å². The third-order valence-corrected chi connectivity index (χ3v) is 10.8. The van der Waals surface area contributed by atoms with Crippen LogP contribution in [-0.4, -0.2) is 46.6 Å². The summed E-state index contributed by atoms with van der Waals surface area (Å²) in [6.07, 6.45) is 3.08. The number of rotatable bonds is 8. The SMILES string of the molecule is CC1(C)C(=O)Nc2cccc(CNc3nc(Nc4ccc(C5CCN(C(=O)OCC6c7ccccc7-c7ccccc76)CC5)cc4)ncc3Cl)c21.